The molecule has 23 heavy (non-hydrogen) atoms. The van der Waals surface area contributed by atoms with Gasteiger partial charge in [-0.2, -0.15) is 30.7 Å². The van der Waals surface area contributed by atoms with E-state index in [9.17, 15) is 40.3 Å². The Kier molecular flexibility index (Phi) is 5.70. The van der Waals surface area contributed by atoms with Gasteiger partial charge in [-0.15, -0.1) is 0 Å². The monoisotopic (exact) mass is 378 g/mol. The number of alkyl halides is 8. The molecule has 0 aliphatic carbocycles. The fraction of sp³-hybridized carbons (Fsp3) is 0.778. The summed E-state index contributed by atoms with van der Waals surface area (Å²) in [4.78, 5) is 21.7. The van der Waals surface area contributed by atoms with Crippen LogP contribution in [-0.4, -0.2) is 55.2 Å². The molecule has 1 saturated heterocycles. The second-order valence-electron chi connectivity index (χ2n) is 3.86. The number of hydrogen-bond donors (Lipinski definition) is 0. The maximum Gasteiger partial charge on any atom is 0.465 e. The Morgan fingerprint density at radius 3 is 1.61 bits per heavy atom. The van der Waals surface area contributed by atoms with Gasteiger partial charge in [0.05, 0.1) is 13.2 Å². The second-order valence-corrected chi connectivity index (χ2v) is 4.33. The predicted octanol–water partition coefficient (Wildman–Crippen LogP) is 1.80. The molecule has 0 aromatic carbocycles. The van der Waals surface area contributed by atoms with E-state index >= 15 is 0 Å². The Morgan fingerprint density at radius 2 is 1.26 bits per heavy atom. The quantitative estimate of drug-likeness (QED) is 0.422. The van der Waals surface area contributed by atoms with Crippen molar-refractivity contribution in [1.29, 1.82) is 0 Å². The first-order valence-corrected chi connectivity index (χ1v) is 5.81. The van der Waals surface area contributed by atoms with Gasteiger partial charge in [0, 0.05) is 0 Å². The van der Waals surface area contributed by atoms with E-state index in [0.29, 0.717) is 0 Å². The highest BCUT2D eigenvalue weighted by atomic mass is 35.5. The van der Waals surface area contributed by atoms with Gasteiger partial charge in [-0.1, -0.05) is 0 Å². The lowest BCUT2D eigenvalue weighted by atomic mass is 10.3. The van der Waals surface area contributed by atoms with Crippen LogP contribution < -0.4 is 0 Å². The summed E-state index contributed by atoms with van der Waals surface area (Å²) in [5, 5.41) is -4.54. The average molecular weight is 379 g/mol. The number of rotatable bonds is 4. The number of halogens is 8. The van der Waals surface area contributed by atoms with Crippen LogP contribution in [0.15, 0.2) is 0 Å². The largest absolute Gasteiger partial charge is 0.465 e. The highest BCUT2D eigenvalue weighted by molar-refractivity contribution is 6.31. The summed E-state index contributed by atoms with van der Waals surface area (Å²) >= 11 is 4.31. The van der Waals surface area contributed by atoms with Crippen LogP contribution >= 0.6 is 11.6 Å². The van der Waals surface area contributed by atoms with Gasteiger partial charge in [0.15, 0.2) is 0 Å². The molecule has 0 N–H and O–H groups in total. The average Bonchev–Trinajstić information content (AvgIpc) is 2.38. The number of carbonyl (C=O) groups is 2. The molecule has 1 heterocycles. The SMILES string of the molecule is O=C(OC1OCCOC1OC(=O)C(F)(F)C(F)(F)F)C(F)(F)Cl. The zero-order valence-corrected chi connectivity index (χ0v) is 11.3. The summed E-state index contributed by atoms with van der Waals surface area (Å²) in [5.41, 5.74) is 0. The standard InChI is InChI=1S/C9H6ClF7O6/c10-8(13,14)6(19)23-4-3(20-1-2-21-4)22-5(18)7(11,12)9(15,16)17/h3-4H,1-2H2. The van der Waals surface area contributed by atoms with Gasteiger partial charge < -0.3 is 18.9 Å². The molecule has 134 valence electrons. The molecule has 1 rings (SSSR count). The van der Waals surface area contributed by atoms with Gasteiger partial charge in [0.2, 0.25) is 0 Å². The molecule has 2 unspecified atom stereocenters. The molecule has 14 heteroatoms. The van der Waals surface area contributed by atoms with Gasteiger partial charge in [-0.05, 0) is 11.6 Å². The summed E-state index contributed by atoms with van der Waals surface area (Å²) in [7, 11) is 0. The lowest BCUT2D eigenvalue weighted by molar-refractivity contribution is -0.325. The van der Waals surface area contributed by atoms with E-state index in [1.807, 2.05) is 0 Å². The topological polar surface area (TPSA) is 71.1 Å². The Morgan fingerprint density at radius 1 is 0.870 bits per heavy atom. The lowest BCUT2D eigenvalue weighted by Crippen LogP contribution is -2.51. The normalized spacial score (nSPS) is 23.3. The molecule has 6 nitrogen and oxygen atoms in total. The number of carbonyl (C=O) groups excluding carboxylic acids is 2. The van der Waals surface area contributed by atoms with Crippen LogP contribution in [0.25, 0.3) is 0 Å². The van der Waals surface area contributed by atoms with Crippen LogP contribution in [0.3, 0.4) is 0 Å². The van der Waals surface area contributed by atoms with Crippen LogP contribution in [-0.2, 0) is 28.5 Å². The number of hydrogen-bond acceptors (Lipinski definition) is 6. The highest BCUT2D eigenvalue weighted by Gasteiger charge is 2.65. The fourth-order valence-corrected chi connectivity index (χ4v) is 1.18. The molecule has 1 aliphatic heterocycles. The van der Waals surface area contributed by atoms with Crippen LogP contribution in [0.5, 0.6) is 0 Å². The van der Waals surface area contributed by atoms with Crippen molar-refractivity contribution in [3.63, 3.8) is 0 Å². The summed E-state index contributed by atoms with van der Waals surface area (Å²) in [6.45, 7) is -0.892. The van der Waals surface area contributed by atoms with Crippen LogP contribution in [0, 0.1) is 0 Å². The van der Waals surface area contributed by atoms with Gasteiger partial charge in [-0.25, -0.2) is 9.59 Å². The molecular formula is C9H6ClF7O6. The molecule has 0 aromatic rings. The maximum absolute atomic E-state index is 12.7. The molecule has 1 aliphatic rings. The summed E-state index contributed by atoms with van der Waals surface area (Å²) in [6.07, 6.45) is -11.0. The molecule has 0 amide bonds. The molecule has 1 fully saturated rings. The maximum atomic E-state index is 12.7. The van der Waals surface area contributed by atoms with Crippen LogP contribution in [0.4, 0.5) is 30.7 Å². The molecule has 0 bridgehead atoms. The lowest BCUT2D eigenvalue weighted by Gasteiger charge is -2.31. The van der Waals surface area contributed by atoms with Crippen molar-refractivity contribution < 1.29 is 59.3 Å². The Hall–Kier alpha value is -1.34. The third-order valence-electron chi connectivity index (χ3n) is 2.16. The molecule has 0 spiro atoms. The van der Waals surface area contributed by atoms with Crippen molar-refractivity contribution in [2.24, 2.45) is 0 Å². The third kappa shape index (κ3) is 4.81. The summed E-state index contributed by atoms with van der Waals surface area (Å²) in [6, 6.07) is 0. The predicted molar refractivity (Wildman–Crippen MR) is 53.5 cm³/mol. The van der Waals surface area contributed by atoms with Crippen LogP contribution in [0.2, 0.25) is 0 Å². The first kappa shape index (κ1) is 19.7. The van der Waals surface area contributed by atoms with Crippen molar-refractivity contribution in [3.05, 3.63) is 0 Å². The van der Waals surface area contributed by atoms with Crippen molar-refractivity contribution in [1.82, 2.24) is 0 Å². The van der Waals surface area contributed by atoms with Crippen LogP contribution in [0.1, 0.15) is 0 Å². The van der Waals surface area contributed by atoms with E-state index in [1.165, 1.54) is 0 Å². The molecular weight excluding hydrogens is 373 g/mol. The minimum Gasteiger partial charge on any atom is -0.424 e. The zero-order chi connectivity index (χ0) is 18.1. The Balaban J connectivity index is 2.80. The zero-order valence-electron chi connectivity index (χ0n) is 10.5. The van der Waals surface area contributed by atoms with Crippen molar-refractivity contribution in [2.45, 2.75) is 30.1 Å². The molecule has 0 aromatic heterocycles. The highest BCUT2D eigenvalue weighted by Crippen LogP contribution is 2.37. The summed E-state index contributed by atoms with van der Waals surface area (Å²) < 4.78 is 103. The number of ether oxygens (including phenoxy) is 4. The first-order valence-electron chi connectivity index (χ1n) is 5.43. The van der Waals surface area contributed by atoms with E-state index in [-0.39, 0.29) is 0 Å². The fourth-order valence-electron chi connectivity index (χ4n) is 1.13. The van der Waals surface area contributed by atoms with Gasteiger partial charge >= 0.3 is 29.4 Å². The minimum atomic E-state index is -6.27. The van der Waals surface area contributed by atoms with Crippen molar-refractivity contribution in [3.8, 4) is 0 Å². The second kappa shape index (κ2) is 6.65. The molecule has 0 saturated carbocycles. The smallest absolute Gasteiger partial charge is 0.424 e. The van der Waals surface area contributed by atoms with E-state index < -0.39 is 55.2 Å². The van der Waals surface area contributed by atoms with E-state index in [2.05, 4.69) is 30.5 Å². The van der Waals surface area contributed by atoms with Gasteiger partial charge in [0.25, 0.3) is 12.6 Å². The molecule has 0 radical (unpaired) electrons. The van der Waals surface area contributed by atoms with Crippen molar-refractivity contribution >= 4 is 23.5 Å². The first-order chi connectivity index (χ1) is 10.3. The van der Waals surface area contributed by atoms with E-state index in [0.717, 1.165) is 0 Å². The van der Waals surface area contributed by atoms with E-state index in [4.69, 9.17) is 0 Å². The third-order valence-corrected chi connectivity index (χ3v) is 2.31. The summed E-state index contributed by atoms with van der Waals surface area (Å²) in [5.74, 6) is -11.4. The van der Waals surface area contributed by atoms with E-state index in [1.54, 1.807) is 0 Å². The minimum absolute atomic E-state index is 0.421. The van der Waals surface area contributed by atoms with Gasteiger partial charge in [0.1, 0.15) is 0 Å². The van der Waals surface area contributed by atoms with Crippen molar-refractivity contribution in [2.75, 3.05) is 13.2 Å². The molecule has 2 atom stereocenters. The number of esters is 2. The Labute approximate surface area is 127 Å². The van der Waals surface area contributed by atoms with Gasteiger partial charge in [-0.3, -0.25) is 0 Å². The Bertz CT molecular complexity index is 462.